The Morgan fingerprint density at radius 2 is 1.82 bits per heavy atom. The average Bonchev–Trinajstić information content (AvgIpc) is 3.69. The van der Waals surface area contributed by atoms with Crippen molar-refractivity contribution in [2.45, 2.75) is 45.1 Å². The highest BCUT2D eigenvalue weighted by molar-refractivity contribution is 6.02. The van der Waals surface area contributed by atoms with Crippen molar-refractivity contribution in [3.05, 3.63) is 66.6 Å². The molecule has 2 fully saturated rings. The molecule has 2 aliphatic rings. The predicted molar refractivity (Wildman–Crippen MR) is 143 cm³/mol. The molecule has 4 heterocycles. The van der Waals surface area contributed by atoms with Gasteiger partial charge < -0.3 is 14.2 Å². The van der Waals surface area contributed by atoms with Crippen LogP contribution in [0, 0.1) is 11.8 Å². The monoisotopic (exact) mass is 513 g/mol. The minimum Gasteiger partial charge on any atom is -0.477 e. The van der Waals surface area contributed by atoms with E-state index in [1.807, 2.05) is 59.3 Å². The second kappa shape index (κ2) is 10.1. The van der Waals surface area contributed by atoms with E-state index < -0.39 is 5.97 Å². The van der Waals surface area contributed by atoms with Gasteiger partial charge in [0, 0.05) is 36.7 Å². The molecule has 6 rings (SSSR count). The van der Waals surface area contributed by atoms with E-state index in [4.69, 9.17) is 4.74 Å². The molecule has 0 spiro atoms. The Morgan fingerprint density at radius 1 is 1.03 bits per heavy atom. The van der Waals surface area contributed by atoms with E-state index in [0.717, 1.165) is 42.6 Å². The van der Waals surface area contributed by atoms with E-state index in [2.05, 4.69) is 17.0 Å². The van der Waals surface area contributed by atoms with Gasteiger partial charge in [0.2, 0.25) is 5.91 Å². The van der Waals surface area contributed by atoms with E-state index in [9.17, 15) is 14.7 Å². The number of nitrogens with zero attached hydrogens (tertiary/aromatic N) is 5. The van der Waals surface area contributed by atoms with E-state index in [1.165, 1.54) is 6.20 Å². The Hall–Kier alpha value is -3.98. The topological polar surface area (TPSA) is 102 Å². The number of pyridine rings is 1. The molecule has 1 N–H and O–H groups in total. The van der Waals surface area contributed by atoms with E-state index in [0.29, 0.717) is 31.2 Å². The van der Waals surface area contributed by atoms with Crippen LogP contribution in [-0.4, -0.2) is 55.4 Å². The molecule has 1 unspecified atom stereocenters. The highest BCUT2D eigenvalue weighted by atomic mass is 16.5. The molecule has 4 aromatic rings. The van der Waals surface area contributed by atoms with Crippen molar-refractivity contribution < 1.29 is 19.4 Å². The minimum absolute atomic E-state index is 0.0128. The normalized spacial score (nSPS) is 21.6. The SMILES string of the molecule is CC1CCC(C(=O)N(c2nn(-c3ccc(-c4cn5ccccc5n4)cc3)cc2C(=O)O)C2CCOC2)CC1. The lowest BCUT2D eigenvalue weighted by atomic mass is 9.82. The van der Waals surface area contributed by atoms with E-state index in [-0.39, 0.29) is 29.2 Å². The Kier molecular flexibility index (Phi) is 6.45. The number of imidazole rings is 1. The lowest BCUT2D eigenvalue weighted by Crippen LogP contribution is -2.46. The minimum atomic E-state index is -1.11. The van der Waals surface area contributed by atoms with Crippen molar-refractivity contribution >= 4 is 23.3 Å². The number of hydrogen-bond acceptors (Lipinski definition) is 5. The summed E-state index contributed by atoms with van der Waals surface area (Å²) in [6.07, 6.45) is 9.72. The molecule has 0 bridgehead atoms. The second-order valence-electron chi connectivity index (χ2n) is 10.4. The number of aromatic nitrogens is 4. The number of amides is 1. The molecular weight excluding hydrogens is 482 g/mol. The largest absolute Gasteiger partial charge is 0.477 e. The molecule has 1 atom stereocenters. The number of anilines is 1. The molecule has 0 radical (unpaired) electrons. The van der Waals surface area contributed by atoms with Crippen molar-refractivity contribution in [3.63, 3.8) is 0 Å². The predicted octanol–water partition coefficient (Wildman–Crippen LogP) is 4.83. The summed E-state index contributed by atoms with van der Waals surface area (Å²) < 4.78 is 9.11. The summed E-state index contributed by atoms with van der Waals surface area (Å²) >= 11 is 0. The zero-order valence-corrected chi connectivity index (χ0v) is 21.4. The molecule has 1 aliphatic carbocycles. The third kappa shape index (κ3) is 4.58. The molecule has 1 saturated carbocycles. The summed E-state index contributed by atoms with van der Waals surface area (Å²) in [5.74, 6) is -0.465. The average molecular weight is 514 g/mol. The fourth-order valence-electron chi connectivity index (χ4n) is 5.57. The molecule has 9 nitrogen and oxygen atoms in total. The van der Waals surface area contributed by atoms with Crippen LogP contribution in [0.5, 0.6) is 0 Å². The summed E-state index contributed by atoms with van der Waals surface area (Å²) in [6, 6.07) is 13.3. The van der Waals surface area contributed by atoms with Gasteiger partial charge in [-0.3, -0.25) is 9.69 Å². The van der Waals surface area contributed by atoms with Crippen LogP contribution in [-0.2, 0) is 9.53 Å². The van der Waals surface area contributed by atoms with Gasteiger partial charge in [0.1, 0.15) is 11.2 Å². The maximum absolute atomic E-state index is 13.8. The molecule has 1 aromatic carbocycles. The van der Waals surface area contributed by atoms with Crippen LogP contribution in [0.25, 0.3) is 22.6 Å². The number of fused-ring (bicyclic) bond motifs is 1. The fourth-order valence-corrected chi connectivity index (χ4v) is 5.57. The highest BCUT2D eigenvalue weighted by Crippen LogP contribution is 2.34. The van der Waals surface area contributed by atoms with Gasteiger partial charge in [-0.25, -0.2) is 14.5 Å². The van der Waals surface area contributed by atoms with Crippen LogP contribution in [0.3, 0.4) is 0 Å². The van der Waals surface area contributed by atoms with Gasteiger partial charge in [-0.15, -0.1) is 5.10 Å². The number of carbonyl (C=O) groups excluding carboxylic acids is 1. The molecule has 1 aliphatic heterocycles. The Balaban J connectivity index is 1.33. The van der Waals surface area contributed by atoms with Crippen LogP contribution in [0.2, 0.25) is 0 Å². The smallest absolute Gasteiger partial charge is 0.341 e. The van der Waals surface area contributed by atoms with Crippen molar-refractivity contribution in [1.82, 2.24) is 19.2 Å². The van der Waals surface area contributed by atoms with E-state index >= 15 is 0 Å². The molecule has 1 saturated heterocycles. The van der Waals surface area contributed by atoms with Gasteiger partial charge in [-0.2, -0.15) is 0 Å². The zero-order chi connectivity index (χ0) is 26.2. The number of carboxylic acids is 1. The number of benzene rings is 1. The standard InChI is InChI=1S/C29H31N5O4/c1-19-5-7-21(8-6-19)28(35)34(23-13-15-38-18-23)27-24(29(36)37)16-33(31-27)22-11-9-20(10-12-22)25-17-32-14-3-2-4-26(32)30-25/h2-4,9-12,14,16-17,19,21,23H,5-8,13,15,18H2,1H3,(H,36,37). The number of carboxylic acid groups (broad SMARTS) is 1. The summed E-state index contributed by atoms with van der Waals surface area (Å²) in [6.45, 7) is 3.14. The molecular formula is C29H31N5O4. The zero-order valence-electron chi connectivity index (χ0n) is 21.4. The maximum Gasteiger partial charge on any atom is 0.341 e. The van der Waals surface area contributed by atoms with Crippen molar-refractivity contribution in [1.29, 1.82) is 0 Å². The van der Waals surface area contributed by atoms with Gasteiger partial charge in [-0.1, -0.05) is 25.1 Å². The first-order valence-corrected chi connectivity index (χ1v) is 13.3. The summed E-state index contributed by atoms with van der Waals surface area (Å²) in [5, 5.41) is 14.8. The first-order chi connectivity index (χ1) is 18.5. The van der Waals surface area contributed by atoms with Gasteiger partial charge in [-0.05, 0) is 62.3 Å². The van der Waals surface area contributed by atoms with Crippen molar-refractivity contribution in [2.24, 2.45) is 11.8 Å². The van der Waals surface area contributed by atoms with Crippen LogP contribution >= 0.6 is 0 Å². The van der Waals surface area contributed by atoms with Crippen LogP contribution in [0.15, 0.2) is 61.1 Å². The van der Waals surface area contributed by atoms with Gasteiger partial charge in [0.05, 0.1) is 24.0 Å². The highest BCUT2D eigenvalue weighted by Gasteiger charge is 2.38. The number of ether oxygens (including phenoxy) is 1. The molecule has 1 amide bonds. The Morgan fingerprint density at radius 3 is 2.50 bits per heavy atom. The van der Waals surface area contributed by atoms with Gasteiger partial charge in [0.15, 0.2) is 5.82 Å². The van der Waals surface area contributed by atoms with Crippen LogP contribution in [0.4, 0.5) is 5.82 Å². The quantitative estimate of drug-likeness (QED) is 0.396. The molecule has 3 aromatic heterocycles. The second-order valence-corrected chi connectivity index (χ2v) is 10.4. The first kappa shape index (κ1) is 24.4. The summed E-state index contributed by atoms with van der Waals surface area (Å²) in [7, 11) is 0. The third-order valence-electron chi connectivity index (χ3n) is 7.82. The molecule has 9 heteroatoms. The van der Waals surface area contributed by atoms with E-state index in [1.54, 1.807) is 9.58 Å². The number of hydrogen-bond donors (Lipinski definition) is 1. The maximum atomic E-state index is 13.8. The summed E-state index contributed by atoms with van der Waals surface area (Å²) in [5.41, 5.74) is 3.36. The Labute approximate surface area is 220 Å². The first-order valence-electron chi connectivity index (χ1n) is 13.3. The molecule has 38 heavy (non-hydrogen) atoms. The van der Waals surface area contributed by atoms with Crippen molar-refractivity contribution in [2.75, 3.05) is 18.1 Å². The lowest BCUT2D eigenvalue weighted by molar-refractivity contribution is -0.124. The third-order valence-corrected chi connectivity index (χ3v) is 7.82. The van der Waals surface area contributed by atoms with Crippen LogP contribution < -0.4 is 4.90 Å². The molecule has 196 valence electrons. The van der Waals surface area contributed by atoms with Crippen LogP contribution in [0.1, 0.15) is 49.4 Å². The number of aromatic carboxylic acids is 1. The number of carbonyl (C=O) groups is 2. The lowest BCUT2D eigenvalue weighted by Gasteiger charge is -2.33. The van der Waals surface area contributed by atoms with Crippen molar-refractivity contribution in [3.8, 4) is 16.9 Å². The number of rotatable bonds is 6. The Bertz CT molecular complexity index is 1430. The van der Waals surface area contributed by atoms with Gasteiger partial charge >= 0.3 is 5.97 Å². The summed E-state index contributed by atoms with van der Waals surface area (Å²) in [4.78, 5) is 32.4. The van der Waals surface area contributed by atoms with Gasteiger partial charge in [0.25, 0.3) is 0 Å². The fraction of sp³-hybridized carbons (Fsp3) is 0.379.